The van der Waals surface area contributed by atoms with Gasteiger partial charge in [-0.3, -0.25) is 15.1 Å². The maximum absolute atomic E-state index is 11.3. The first kappa shape index (κ1) is 15.6. The van der Waals surface area contributed by atoms with Crippen LogP contribution in [0.4, 0.5) is 11.5 Å². The fourth-order valence-corrected chi connectivity index (χ4v) is 1.84. The van der Waals surface area contributed by atoms with Crippen LogP contribution >= 0.6 is 0 Å². The number of hydrogen-bond acceptors (Lipinski definition) is 7. The molecule has 0 atom stereocenters. The Hall–Kier alpha value is -2.77. The normalized spacial score (nSPS) is 10.3. The molecular weight excluding hydrogens is 286 g/mol. The molecule has 0 unspecified atom stereocenters. The quantitative estimate of drug-likeness (QED) is 0.618. The van der Waals surface area contributed by atoms with E-state index in [0.717, 1.165) is 5.69 Å². The Morgan fingerprint density at radius 3 is 2.73 bits per heavy atom. The Kier molecular flexibility index (Phi) is 5.18. The van der Waals surface area contributed by atoms with E-state index in [2.05, 4.69) is 20.3 Å². The number of nitrogens with one attached hydrogen (secondary N) is 1. The van der Waals surface area contributed by atoms with Crippen LogP contribution in [0.3, 0.4) is 0 Å². The predicted molar refractivity (Wildman–Crippen MR) is 80.8 cm³/mol. The molecule has 2 aromatic heterocycles. The monoisotopic (exact) mass is 303 g/mol. The fourth-order valence-electron chi connectivity index (χ4n) is 1.84. The van der Waals surface area contributed by atoms with Gasteiger partial charge in [-0.15, -0.1) is 0 Å². The lowest BCUT2D eigenvalue weighted by Gasteiger charge is -2.10. The summed E-state index contributed by atoms with van der Waals surface area (Å²) in [5.41, 5.74) is 0.501. The number of aromatic nitrogens is 3. The van der Waals surface area contributed by atoms with Gasteiger partial charge in [0.15, 0.2) is 0 Å². The summed E-state index contributed by atoms with van der Waals surface area (Å²) in [7, 11) is 0. The SMILES string of the molecule is CCOc1nc(CC)nc(NCc2ccccn2)c1[N+](=O)[O-]. The van der Waals surface area contributed by atoms with Gasteiger partial charge in [0.25, 0.3) is 5.88 Å². The minimum atomic E-state index is -0.537. The second kappa shape index (κ2) is 7.30. The van der Waals surface area contributed by atoms with Gasteiger partial charge in [-0.2, -0.15) is 4.98 Å². The number of nitrogens with zero attached hydrogens (tertiary/aromatic N) is 4. The van der Waals surface area contributed by atoms with E-state index in [1.807, 2.05) is 19.1 Å². The van der Waals surface area contributed by atoms with Gasteiger partial charge in [0, 0.05) is 12.6 Å². The highest BCUT2D eigenvalue weighted by Gasteiger charge is 2.25. The van der Waals surface area contributed by atoms with Crippen LogP contribution < -0.4 is 10.1 Å². The van der Waals surface area contributed by atoms with Crippen LogP contribution in [0.5, 0.6) is 5.88 Å². The minimum Gasteiger partial charge on any atom is -0.473 e. The van der Waals surface area contributed by atoms with E-state index in [0.29, 0.717) is 25.4 Å². The summed E-state index contributed by atoms with van der Waals surface area (Å²) < 4.78 is 5.29. The molecule has 0 bridgehead atoms. The van der Waals surface area contributed by atoms with E-state index >= 15 is 0 Å². The molecule has 0 fully saturated rings. The molecule has 0 saturated carbocycles. The summed E-state index contributed by atoms with van der Waals surface area (Å²) in [5.74, 6) is 0.617. The number of rotatable bonds is 7. The molecule has 0 aliphatic heterocycles. The molecule has 22 heavy (non-hydrogen) atoms. The molecule has 2 aromatic rings. The molecule has 2 rings (SSSR count). The Morgan fingerprint density at radius 1 is 1.32 bits per heavy atom. The van der Waals surface area contributed by atoms with Crippen molar-refractivity contribution in [1.29, 1.82) is 0 Å². The summed E-state index contributed by atoms with van der Waals surface area (Å²) in [4.78, 5) is 23.2. The molecule has 116 valence electrons. The van der Waals surface area contributed by atoms with Crippen LogP contribution in [-0.4, -0.2) is 26.5 Å². The minimum absolute atomic E-state index is 0.0112. The smallest absolute Gasteiger partial charge is 0.372 e. The zero-order valence-electron chi connectivity index (χ0n) is 12.4. The topological polar surface area (TPSA) is 103 Å². The predicted octanol–water partition coefficient (Wildman–Crippen LogP) is 2.35. The highest BCUT2D eigenvalue weighted by atomic mass is 16.6. The van der Waals surface area contributed by atoms with Crippen molar-refractivity contribution in [3.8, 4) is 5.88 Å². The Morgan fingerprint density at radius 2 is 2.14 bits per heavy atom. The second-order valence-electron chi connectivity index (χ2n) is 4.36. The third-order valence-corrected chi connectivity index (χ3v) is 2.84. The van der Waals surface area contributed by atoms with Crippen molar-refractivity contribution in [2.24, 2.45) is 0 Å². The van der Waals surface area contributed by atoms with Gasteiger partial charge in [0.1, 0.15) is 5.82 Å². The Bertz CT molecular complexity index is 648. The number of anilines is 1. The number of ether oxygens (including phenoxy) is 1. The molecule has 0 aliphatic rings. The van der Waals surface area contributed by atoms with Gasteiger partial charge in [0.05, 0.1) is 23.8 Å². The molecule has 2 heterocycles. The second-order valence-corrected chi connectivity index (χ2v) is 4.36. The van der Waals surface area contributed by atoms with Crippen molar-refractivity contribution >= 4 is 11.5 Å². The van der Waals surface area contributed by atoms with Crippen LogP contribution in [0.15, 0.2) is 24.4 Å². The van der Waals surface area contributed by atoms with Crippen LogP contribution in [-0.2, 0) is 13.0 Å². The summed E-state index contributed by atoms with van der Waals surface area (Å²) >= 11 is 0. The van der Waals surface area contributed by atoms with Gasteiger partial charge in [-0.1, -0.05) is 13.0 Å². The molecule has 0 saturated heterocycles. The first-order valence-corrected chi connectivity index (χ1v) is 6.97. The molecule has 8 heteroatoms. The molecule has 1 N–H and O–H groups in total. The number of hydrogen-bond donors (Lipinski definition) is 1. The molecule has 0 amide bonds. The van der Waals surface area contributed by atoms with E-state index in [1.54, 1.807) is 19.2 Å². The lowest BCUT2D eigenvalue weighted by molar-refractivity contribution is -0.385. The first-order valence-electron chi connectivity index (χ1n) is 6.97. The average molecular weight is 303 g/mol. The third-order valence-electron chi connectivity index (χ3n) is 2.84. The van der Waals surface area contributed by atoms with Crippen LogP contribution in [0.2, 0.25) is 0 Å². The average Bonchev–Trinajstić information content (AvgIpc) is 2.53. The van der Waals surface area contributed by atoms with Crippen LogP contribution in [0, 0.1) is 10.1 Å². The summed E-state index contributed by atoms with van der Waals surface area (Å²) in [6.07, 6.45) is 2.21. The van der Waals surface area contributed by atoms with Crippen molar-refractivity contribution in [2.45, 2.75) is 26.8 Å². The van der Waals surface area contributed by atoms with Gasteiger partial charge in [-0.05, 0) is 19.1 Å². The standard InChI is InChI=1S/C14H17N5O3/c1-3-11-17-13(16-9-10-7-5-6-8-15-10)12(19(20)21)14(18-11)22-4-2/h5-8H,3-4,9H2,1-2H3,(H,16,17,18). The Balaban J connectivity index is 2.34. The highest BCUT2D eigenvalue weighted by molar-refractivity contribution is 5.61. The molecule has 0 aromatic carbocycles. The van der Waals surface area contributed by atoms with Crippen molar-refractivity contribution in [2.75, 3.05) is 11.9 Å². The van der Waals surface area contributed by atoms with E-state index in [4.69, 9.17) is 4.74 Å². The maximum Gasteiger partial charge on any atom is 0.372 e. The summed E-state index contributed by atoms with van der Waals surface area (Å²) in [5, 5.41) is 14.3. The summed E-state index contributed by atoms with van der Waals surface area (Å²) in [6, 6.07) is 5.48. The van der Waals surface area contributed by atoms with Crippen LogP contribution in [0.25, 0.3) is 0 Å². The van der Waals surface area contributed by atoms with Gasteiger partial charge < -0.3 is 10.1 Å². The van der Waals surface area contributed by atoms with E-state index < -0.39 is 4.92 Å². The molecule has 0 aliphatic carbocycles. The van der Waals surface area contributed by atoms with Gasteiger partial charge in [0.2, 0.25) is 5.82 Å². The van der Waals surface area contributed by atoms with E-state index in [9.17, 15) is 10.1 Å². The van der Waals surface area contributed by atoms with Crippen molar-refractivity contribution < 1.29 is 9.66 Å². The Labute approximate surface area is 127 Å². The number of aryl methyl sites for hydroxylation is 1. The van der Waals surface area contributed by atoms with Gasteiger partial charge in [-0.25, -0.2) is 4.98 Å². The fraction of sp³-hybridized carbons (Fsp3) is 0.357. The lowest BCUT2D eigenvalue weighted by atomic mass is 10.3. The molecular formula is C14H17N5O3. The van der Waals surface area contributed by atoms with Crippen molar-refractivity contribution in [3.63, 3.8) is 0 Å². The first-order chi connectivity index (χ1) is 10.7. The van der Waals surface area contributed by atoms with Crippen molar-refractivity contribution in [1.82, 2.24) is 15.0 Å². The van der Waals surface area contributed by atoms with Gasteiger partial charge >= 0.3 is 5.69 Å². The molecule has 0 radical (unpaired) electrons. The largest absolute Gasteiger partial charge is 0.473 e. The lowest BCUT2D eigenvalue weighted by Crippen LogP contribution is -2.11. The van der Waals surface area contributed by atoms with Crippen molar-refractivity contribution in [3.05, 3.63) is 46.0 Å². The molecule has 0 spiro atoms. The third kappa shape index (κ3) is 3.66. The highest BCUT2D eigenvalue weighted by Crippen LogP contribution is 2.32. The number of pyridine rings is 1. The van der Waals surface area contributed by atoms with E-state index in [-0.39, 0.29) is 17.4 Å². The molecule has 8 nitrogen and oxygen atoms in total. The zero-order chi connectivity index (χ0) is 15.9. The summed E-state index contributed by atoms with van der Waals surface area (Å²) in [6.45, 7) is 4.24. The number of nitro groups is 1. The maximum atomic E-state index is 11.3. The van der Waals surface area contributed by atoms with Crippen LogP contribution in [0.1, 0.15) is 25.4 Å². The van der Waals surface area contributed by atoms with E-state index in [1.165, 1.54) is 0 Å². The zero-order valence-corrected chi connectivity index (χ0v) is 12.4.